The van der Waals surface area contributed by atoms with Gasteiger partial charge in [0.05, 0.1) is 5.70 Å². The highest BCUT2D eigenvalue weighted by Gasteiger charge is 2.23. The van der Waals surface area contributed by atoms with Crippen LogP contribution in [0.2, 0.25) is 0 Å². The molecule has 218 valence electrons. The Morgan fingerprint density at radius 1 is 0.682 bits per heavy atom. The van der Waals surface area contributed by atoms with Crippen molar-refractivity contribution in [2.45, 2.75) is 51.9 Å². The fourth-order valence-corrected chi connectivity index (χ4v) is 5.96. The van der Waals surface area contributed by atoms with E-state index in [-0.39, 0.29) is 5.41 Å². The summed E-state index contributed by atoms with van der Waals surface area (Å²) in [5, 5.41) is 0. The molecule has 44 heavy (non-hydrogen) atoms. The average molecular weight is 573 g/mol. The molecule has 4 aromatic rings. The molecule has 6 rings (SSSR count). The van der Waals surface area contributed by atoms with Gasteiger partial charge in [0.1, 0.15) is 0 Å². The molecule has 0 fully saturated rings. The van der Waals surface area contributed by atoms with Gasteiger partial charge >= 0.3 is 0 Å². The number of amidine groups is 1. The first-order valence-electron chi connectivity index (χ1n) is 15.7. The molecule has 2 aliphatic rings. The molecule has 2 nitrogen and oxygen atoms in total. The Hall–Kier alpha value is -4.82. The lowest BCUT2D eigenvalue weighted by Gasteiger charge is -2.26. The predicted octanol–water partition coefficient (Wildman–Crippen LogP) is 10.8. The fraction of sp³-hybridized carbons (Fsp3) is 0.190. The number of fused-ring (bicyclic) bond motifs is 1. The van der Waals surface area contributed by atoms with E-state index >= 15 is 0 Å². The zero-order chi connectivity index (χ0) is 30.5. The molecule has 0 spiro atoms. The number of nitrogens with zero attached hydrogens (tertiary/aromatic N) is 2. The van der Waals surface area contributed by atoms with Gasteiger partial charge in [-0.15, -0.1) is 0 Å². The molecule has 0 aromatic heterocycles. The van der Waals surface area contributed by atoms with E-state index in [9.17, 15) is 0 Å². The van der Waals surface area contributed by atoms with Crippen LogP contribution in [0.5, 0.6) is 0 Å². The van der Waals surface area contributed by atoms with E-state index in [0.29, 0.717) is 11.5 Å². The quantitative estimate of drug-likeness (QED) is 0.155. The van der Waals surface area contributed by atoms with E-state index in [0.717, 1.165) is 48.1 Å². The van der Waals surface area contributed by atoms with E-state index in [1.54, 1.807) is 0 Å². The first-order chi connectivity index (χ1) is 21.4. The van der Waals surface area contributed by atoms with Crippen molar-refractivity contribution >= 4 is 23.3 Å². The Morgan fingerprint density at radius 2 is 1.36 bits per heavy atom. The topological polar surface area (TPSA) is 24.7 Å². The van der Waals surface area contributed by atoms with Crippen LogP contribution >= 0.6 is 0 Å². The minimum Gasteiger partial charge on any atom is -0.233 e. The van der Waals surface area contributed by atoms with Crippen LogP contribution < -0.4 is 0 Å². The third-order valence-corrected chi connectivity index (χ3v) is 8.86. The van der Waals surface area contributed by atoms with E-state index in [4.69, 9.17) is 9.98 Å². The summed E-state index contributed by atoms with van der Waals surface area (Å²) >= 11 is 0. The number of hydrogen-bond acceptors (Lipinski definition) is 1. The van der Waals surface area contributed by atoms with Gasteiger partial charge in [0.2, 0.25) is 0 Å². The molecule has 0 N–H and O–H groups in total. The molecule has 0 bridgehead atoms. The molecule has 2 aliphatic carbocycles. The van der Waals surface area contributed by atoms with Crippen LogP contribution in [0, 0.1) is 0 Å². The molecule has 0 atom stereocenters. The van der Waals surface area contributed by atoms with Crippen LogP contribution in [0.3, 0.4) is 0 Å². The Bertz CT molecular complexity index is 1810. The van der Waals surface area contributed by atoms with Crippen molar-refractivity contribution in [1.82, 2.24) is 0 Å². The van der Waals surface area contributed by atoms with Gasteiger partial charge in [-0.1, -0.05) is 142 Å². The average Bonchev–Trinajstić information content (AvgIpc) is 3.08. The minimum absolute atomic E-state index is 0.153. The molecule has 0 unspecified atom stereocenters. The number of rotatable bonds is 7. The lowest BCUT2D eigenvalue weighted by Crippen LogP contribution is -2.18. The first kappa shape index (κ1) is 29.3. The van der Waals surface area contributed by atoms with Crippen molar-refractivity contribution in [2.75, 3.05) is 0 Å². The highest BCUT2D eigenvalue weighted by molar-refractivity contribution is 6.13. The summed E-state index contributed by atoms with van der Waals surface area (Å²) in [5.41, 5.74) is 12.5. The highest BCUT2D eigenvalue weighted by atomic mass is 14.9. The van der Waals surface area contributed by atoms with Gasteiger partial charge in [-0.3, -0.25) is 0 Å². The van der Waals surface area contributed by atoms with Crippen molar-refractivity contribution in [3.05, 3.63) is 167 Å². The van der Waals surface area contributed by atoms with Gasteiger partial charge in [-0.25, -0.2) is 9.98 Å². The summed E-state index contributed by atoms with van der Waals surface area (Å²) < 4.78 is 0. The van der Waals surface area contributed by atoms with Gasteiger partial charge in [0.15, 0.2) is 5.84 Å². The van der Waals surface area contributed by atoms with Crippen LogP contribution in [0.15, 0.2) is 144 Å². The Labute approximate surface area is 262 Å². The maximum Gasteiger partial charge on any atom is 0.159 e. The minimum atomic E-state index is -0.153. The summed E-state index contributed by atoms with van der Waals surface area (Å²) in [5.74, 6) is 0.701. The van der Waals surface area contributed by atoms with E-state index in [2.05, 4.69) is 130 Å². The molecule has 0 saturated heterocycles. The molecule has 2 heteroatoms. The molecular weight excluding hydrogens is 532 g/mol. The number of allylic oxidation sites excluding steroid dienone is 3. The zero-order valence-corrected chi connectivity index (χ0v) is 26.1. The monoisotopic (exact) mass is 572 g/mol. The summed E-state index contributed by atoms with van der Waals surface area (Å²) in [4.78, 5) is 9.93. The third-order valence-electron chi connectivity index (χ3n) is 8.86. The molecule has 0 aliphatic heterocycles. The van der Waals surface area contributed by atoms with Crippen molar-refractivity contribution in [1.29, 1.82) is 0 Å². The summed E-state index contributed by atoms with van der Waals surface area (Å²) in [6.07, 6.45) is 15.4. The second-order valence-electron chi connectivity index (χ2n) is 12.2. The van der Waals surface area contributed by atoms with E-state index in [1.165, 1.54) is 33.4 Å². The summed E-state index contributed by atoms with van der Waals surface area (Å²) in [6.45, 7) is 11.0. The van der Waals surface area contributed by atoms with Crippen molar-refractivity contribution in [3.8, 4) is 11.1 Å². The van der Waals surface area contributed by atoms with Crippen molar-refractivity contribution in [3.63, 3.8) is 0 Å². The number of aliphatic imine (C=N–C) groups is 2. The molecule has 0 amide bonds. The van der Waals surface area contributed by atoms with Crippen LogP contribution in [0.25, 0.3) is 22.9 Å². The van der Waals surface area contributed by atoms with Crippen LogP contribution in [0.1, 0.15) is 73.4 Å². The van der Waals surface area contributed by atoms with Crippen molar-refractivity contribution in [2.24, 2.45) is 9.98 Å². The maximum atomic E-state index is 4.97. The maximum absolute atomic E-state index is 4.97. The lowest BCUT2D eigenvalue weighted by molar-refractivity contribution is 0.641. The fourth-order valence-electron chi connectivity index (χ4n) is 5.96. The third kappa shape index (κ3) is 6.40. The van der Waals surface area contributed by atoms with Crippen LogP contribution in [-0.2, 0) is 11.8 Å². The molecule has 0 radical (unpaired) electrons. The van der Waals surface area contributed by atoms with Gasteiger partial charge in [0, 0.05) is 16.7 Å². The summed E-state index contributed by atoms with van der Waals surface area (Å²) in [7, 11) is 0. The van der Waals surface area contributed by atoms with Crippen LogP contribution in [-0.4, -0.2) is 11.5 Å². The summed E-state index contributed by atoms with van der Waals surface area (Å²) in [6, 6.07) is 34.8. The van der Waals surface area contributed by atoms with Gasteiger partial charge in [0.25, 0.3) is 0 Å². The lowest BCUT2D eigenvalue weighted by atomic mass is 9.77. The first-order valence-corrected chi connectivity index (χ1v) is 15.7. The number of hydrogen-bond donors (Lipinski definition) is 0. The second-order valence-corrected chi connectivity index (χ2v) is 12.2. The Balaban J connectivity index is 1.22. The largest absolute Gasteiger partial charge is 0.233 e. The molecule has 0 heterocycles. The number of aryl methyl sites for hydroxylation is 1. The van der Waals surface area contributed by atoms with Crippen molar-refractivity contribution < 1.29 is 0 Å². The standard InChI is InChI=1S/C42H40N2/c1-30(32-13-7-5-8-14-32)43-41(36-16-9-6-10-17-36)44-31(2)33-21-25-39(26-22-33)42(3,4)40-27-23-35(24-28-40)38-20-19-34-15-11-12-18-37(34)29-38/h5,7-9,12-14,16-29H,2,6,10-11,15H2,1,3-4H3/b43-30+,44-41-. The molecule has 4 aromatic carbocycles. The smallest absolute Gasteiger partial charge is 0.159 e. The van der Waals surface area contributed by atoms with Crippen LogP contribution in [0.4, 0.5) is 0 Å². The van der Waals surface area contributed by atoms with Gasteiger partial charge < -0.3 is 0 Å². The Morgan fingerprint density at radius 3 is 2.07 bits per heavy atom. The Kier molecular flexibility index (Phi) is 8.52. The molecular formula is C42H40N2. The normalized spacial score (nSPS) is 15.1. The number of benzene rings is 4. The van der Waals surface area contributed by atoms with Gasteiger partial charge in [-0.05, 0) is 83.2 Å². The SMILES string of the molecule is C=C(/N=C(\N=C(/C)c1ccccc1)C1=CCCC=C1)c1ccc(C(C)(C)c2ccc(-c3ccc4c(c3)C=CCC4)cc2)cc1. The molecule has 0 saturated carbocycles. The highest BCUT2D eigenvalue weighted by Crippen LogP contribution is 2.34. The zero-order valence-electron chi connectivity index (χ0n) is 26.1. The van der Waals surface area contributed by atoms with E-state index in [1.807, 2.05) is 25.1 Å². The van der Waals surface area contributed by atoms with E-state index < -0.39 is 0 Å². The van der Waals surface area contributed by atoms with Gasteiger partial charge in [-0.2, -0.15) is 0 Å². The predicted molar refractivity (Wildman–Crippen MR) is 189 cm³/mol. The second kappa shape index (κ2) is 12.8.